The van der Waals surface area contributed by atoms with Crippen molar-refractivity contribution in [2.75, 3.05) is 12.4 Å². The van der Waals surface area contributed by atoms with Crippen LogP contribution in [0.25, 0.3) is 11.4 Å². The Balaban J connectivity index is 2.68. The lowest BCUT2D eigenvalue weighted by molar-refractivity contribution is -0.137. The molecule has 2 aromatic rings. The lowest BCUT2D eigenvalue weighted by atomic mass is 10.1. The molecule has 1 aromatic carbocycles. The quantitative estimate of drug-likeness (QED) is 0.856. The third-order valence-electron chi connectivity index (χ3n) is 2.64. The second-order valence-corrected chi connectivity index (χ2v) is 4.16. The van der Waals surface area contributed by atoms with Crippen LogP contribution >= 0.6 is 0 Å². The Kier molecular flexibility index (Phi) is 3.61. The summed E-state index contributed by atoms with van der Waals surface area (Å²) in [5, 5.41) is 2.72. The number of nitrogens with zero attached hydrogens (tertiary/aromatic N) is 2. The van der Waals surface area contributed by atoms with Crippen LogP contribution in [0, 0.1) is 12.7 Å². The number of aromatic nitrogens is 2. The van der Waals surface area contributed by atoms with Gasteiger partial charge < -0.3 is 5.32 Å². The third kappa shape index (κ3) is 2.87. The molecule has 20 heavy (non-hydrogen) atoms. The van der Waals surface area contributed by atoms with E-state index in [0.717, 1.165) is 12.1 Å². The second kappa shape index (κ2) is 5.07. The Labute approximate surface area is 112 Å². The van der Waals surface area contributed by atoms with Crippen LogP contribution in [0.2, 0.25) is 0 Å². The Morgan fingerprint density at radius 3 is 2.40 bits per heavy atom. The molecule has 0 aliphatic rings. The van der Waals surface area contributed by atoms with Crippen molar-refractivity contribution in [1.29, 1.82) is 0 Å². The van der Waals surface area contributed by atoms with Crippen molar-refractivity contribution in [3.63, 3.8) is 0 Å². The highest BCUT2D eigenvalue weighted by molar-refractivity contribution is 5.63. The molecule has 0 aliphatic carbocycles. The number of rotatable bonds is 2. The lowest BCUT2D eigenvalue weighted by Crippen LogP contribution is -2.09. The summed E-state index contributed by atoms with van der Waals surface area (Å²) < 4.78 is 52.1. The van der Waals surface area contributed by atoms with Crippen molar-refractivity contribution < 1.29 is 17.6 Å². The molecule has 0 bridgehead atoms. The Hall–Kier alpha value is -2.18. The van der Waals surface area contributed by atoms with Gasteiger partial charge in [-0.1, -0.05) is 0 Å². The van der Waals surface area contributed by atoms with Gasteiger partial charge in [-0.2, -0.15) is 13.2 Å². The van der Waals surface area contributed by atoms with Crippen molar-refractivity contribution >= 4 is 5.82 Å². The first kappa shape index (κ1) is 14.2. The van der Waals surface area contributed by atoms with Gasteiger partial charge in [0.2, 0.25) is 0 Å². The molecular weight excluding hydrogens is 274 g/mol. The number of halogens is 4. The van der Waals surface area contributed by atoms with Crippen LogP contribution in [0.15, 0.2) is 24.3 Å². The lowest BCUT2D eigenvalue weighted by Gasteiger charge is -2.13. The summed E-state index contributed by atoms with van der Waals surface area (Å²) in [5.74, 6) is -0.574. The zero-order chi connectivity index (χ0) is 14.9. The highest BCUT2D eigenvalue weighted by atomic mass is 19.4. The summed E-state index contributed by atoms with van der Waals surface area (Å²) in [6.07, 6.45) is -4.60. The predicted molar refractivity (Wildman–Crippen MR) is 66.7 cm³/mol. The number of hydrogen-bond acceptors (Lipinski definition) is 3. The molecule has 106 valence electrons. The number of aryl methyl sites for hydroxylation is 1. The first-order valence-corrected chi connectivity index (χ1v) is 5.72. The predicted octanol–water partition coefficient (Wildman–Crippen LogP) is 3.65. The standard InChI is InChI=1S/C13H11F4N3/c1-7-5-11(18-2)20-12(19-7)9-6-8(14)3-4-10(9)13(15,16)17/h3-6H,1-2H3,(H,18,19,20). The molecule has 7 heteroatoms. The molecule has 1 heterocycles. The number of alkyl halides is 3. The van der Waals surface area contributed by atoms with E-state index >= 15 is 0 Å². The molecule has 3 nitrogen and oxygen atoms in total. The number of nitrogens with one attached hydrogen (secondary N) is 1. The van der Waals surface area contributed by atoms with Crippen LogP contribution in [0.1, 0.15) is 11.3 Å². The van der Waals surface area contributed by atoms with E-state index in [1.807, 2.05) is 0 Å². The molecular formula is C13H11F4N3. The van der Waals surface area contributed by atoms with E-state index in [-0.39, 0.29) is 11.4 Å². The van der Waals surface area contributed by atoms with Crippen LogP contribution in [0.3, 0.4) is 0 Å². The molecule has 0 fully saturated rings. The molecule has 0 saturated heterocycles. The minimum absolute atomic E-state index is 0.166. The average molecular weight is 285 g/mol. The van der Waals surface area contributed by atoms with Gasteiger partial charge in [-0.3, -0.25) is 0 Å². The van der Waals surface area contributed by atoms with Gasteiger partial charge in [0.1, 0.15) is 11.6 Å². The molecule has 1 aromatic heterocycles. The SMILES string of the molecule is CNc1cc(C)nc(-c2cc(F)ccc2C(F)(F)F)n1. The van der Waals surface area contributed by atoms with E-state index in [9.17, 15) is 17.6 Å². The fourth-order valence-electron chi connectivity index (χ4n) is 1.77. The van der Waals surface area contributed by atoms with Gasteiger partial charge in [0.25, 0.3) is 0 Å². The van der Waals surface area contributed by atoms with Gasteiger partial charge in [-0.05, 0) is 25.1 Å². The first-order chi connectivity index (χ1) is 9.31. The highest BCUT2D eigenvalue weighted by Crippen LogP contribution is 2.36. The normalized spacial score (nSPS) is 11.5. The summed E-state index contributed by atoms with van der Waals surface area (Å²) in [6.45, 7) is 1.62. The van der Waals surface area contributed by atoms with Gasteiger partial charge in [-0.25, -0.2) is 14.4 Å². The zero-order valence-corrected chi connectivity index (χ0v) is 10.7. The minimum Gasteiger partial charge on any atom is -0.373 e. The molecule has 0 saturated carbocycles. The molecule has 2 rings (SSSR count). The highest BCUT2D eigenvalue weighted by Gasteiger charge is 2.34. The molecule has 0 radical (unpaired) electrons. The maximum Gasteiger partial charge on any atom is 0.417 e. The number of anilines is 1. The van der Waals surface area contributed by atoms with E-state index in [1.165, 1.54) is 0 Å². The van der Waals surface area contributed by atoms with Crippen molar-refractivity contribution in [2.45, 2.75) is 13.1 Å². The smallest absolute Gasteiger partial charge is 0.373 e. The maximum atomic E-state index is 13.3. The van der Waals surface area contributed by atoms with Gasteiger partial charge in [0.15, 0.2) is 5.82 Å². The average Bonchev–Trinajstić information content (AvgIpc) is 2.36. The molecule has 1 N–H and O–H groups in total. The van der Waals surface area contributed by atoms with Gasteiger partial charge in [-0.15, -0.1) is 0 Å². The van der Waals surface area contributed by atoms with E-state index in [2.05, 4.69) is 15.3 Å². The fraction of sp³-hybridized carbons (Fsp3) is 0.231. The van der Waals surface area contributed by atoms with Gasteiger partial charge in [0, 0.05) is 24.4 Å². The van der Waals surface area contributed by atoms with Crippen LogP contribution in [0.5, 0.6) is 0 Å². The van der Waals surface area contributed by atoms with Crippen LogP contribution < -0.4 is 5.32 Å². The Bertz CT molecular complexity index is 638. The van der Waals surface area contributed by atoms with E-state index < -0.39 is 17.6 Å². The van der Waals surface area contributed by atoms with Crippen molar-refractivity contribution in [1.82, 2.24) is 9.97 Å². The molecule has 0 aliphatic heterocycles. The van der Waals surface area contributed by atoms with Crippen molar-refractivity contribution in [2.24, 2.45) is 0 Å². The second-order valence-electron chi connectivity index (χ2n) is 4.16. The van der Waals surface area contributed by atoms with E-state index in [1.54, 1.807) is 20.0 Å². The summed E-state index contributed by atoms with van der Waals surface area (Å²) in [6, 6.07) is 3.82. The Morgan fingerprint density at radius 2 is 1.80 bits per heavy atom. The fourth-order valence-corrected chi connectivity index (χ4v) is 1.77. The molecule has 0 spiro atoms. The van der Waals surface area contributed by atoms with E-state index in [4.69, 9.17) is 0 Å². The zero-order valence-electron chi connectivity index (χ0n) is 10.7. The van der Waals surface area contributed by atoms with Crippen LogP contribution in [0.4, 0.5) is 23.4 Å². The summed E-state index contributed by atoms with van der Waals surface area (Å²) >= 11 is 0. The monoisotopic (exact) mass is 285 g/mol. The number of benzene rings is 1. The molecule has 0 atom stereocenters. The van der Waals surface area contributed by atoms with Crippen LogP contribution in [-0.4, -0.2) is 17.0 Å². The van der Waals surface area contributed by atoms with E-state index in [0.29, 0.717) is 17.6 Å². The molecule has 0 unspecified atom stereocenters. The minimum atomic E-state index is -4.60. The van der Waals surface area contributed by atoms with Gasteiger partial charge in [0.05, 0.1) is 5.56 Å². The maximum absolute atomic E-state index is 13.3. The third-order valence-corrected chi connectivity index (χ3v) is 2.64. The van der Waals surface area contributed by atoms with Gasteiger partial charge >= 0.3 is 6.18 Å². The molecule has 0 amide bonds. The van der Waals surface area contributed by atoms with Crippen molar-refractivity contribution in [3.8, 4) is 11.4 Å². The summed E-state index contributed by atoms with van der Waals surface area (Å²) in [7, 11) is 1.59. The number of hydrogen-bond donors (Lipinski definition) is 1. The largest absolute Gasteiger partial charge is 0.417 e. The van der Waals surface area contributed by atoms with Crippen molar-refractivity contribution in [3.05, 3.63) is 41.3 Å². The summed E-state index contributed by atoms with van der Waals surface area (Å²) in [4.78, 5) is 7.90. The summed E-state index contributed by atoms with van der Waals surface area (Å²) in [5.41, 5.74) is -0.860. The topological polar surface area (TPSA) is 37.8 Å². The first-order valence-electron chi connectivity index (χ1n) is 5.72. The van der Waals surface area contributed by atoms with Crippen LogP contribution in [-0.2, 0) is 6.18 Å². The Morgan fingerprint density at radius 1 is 1.10 bits per heavy atom.